The van der Waals surface area contributed by atoms with Crippen molar-refractivity contribution in [1.82, 2.24) is 0 Å². The van der Waals surface area contributed by atoms with Gasteiger partial charge in [0, 0.05) is 12.0 Å². The van der Waals surface area contributed by atoms with E-state index in [9.17, 15) is 0 Å². The predicted octanol–water partition coefficient (Wildman–Crippen LogP) is -2.02. The lowest BCUT2D eigenvalue weighted by molar-refractivity contribution is -0.710. The van der Waals surface area contributed by atoms with Crippen LogP contribution in [-0.2, 0) is 5.54 Å². The summed E-state index contributed by atoms with van der Waals surface area (Å²) < 4.78 is 0. The Morgan fingerprint density at radius 3 is 1.38 bits per heavy atom. The van der Waals surface area contributed by atoms with E-state index in [0.717, 1.165) is 0 Å². The molecule has 0 radical (unpaired) electrons. The summed E-state index contributed by atoms with van der Waals surface area (Å²) in [6, 6.07) is 11.0. The number of hydrogen-bond acceptors (Lipinski definition) is 0. The molecule has 2 N–H and O–H groups in total. The Kier molecular flexibility index (Phi) is 26.4. The molecule has 0 aliphatic heterocycles. The van der Waals surface area contributed by atoms with Crippen molar-refractivity contribution in [3.8, 4) is 0 Å². The van der Waals surface area contributed by atoms with Crippen LogP contribution in [0.3, 0.4) is 0 Å². The number of benzene rings is 1. The Bertz CT molecular complexity index is 427. The van der Waals surface area contributed by atoms with Crippen molar-refractivity contribution in [3.63, 3.8) is 0 Å². The van der Waals surface area contributed by atoms with Gasteiger partial charge in [-0.1, -0.05) is 121 Å². The Morgan fingerprint density at radius 2 is 1.00 bits per heavy atom. The van der Waals surface area contributed by atoms with Crippen molar-refractivity contribution in [2.45, 2.75) is 116 Å². The Hall–Kier alpha value is 0.0500. The standard InChI is InChI=1S/C25H45N.3ClH/c1-4-5-6-7-8-9-10-11-12-13-14-15-16-20-23-25(2,26-3)24-21-18-17-19-22-24;;;/h17-19,21-22,26H,4-16,20,23H2,1-3H3;3*1H/p-2. The SMILES string of the molecule is CCCCCCCCCCCCCCCCC(C)([NH2+]C)c1ccccc1.[Cl-].[Cl-].[Cl-]. The monoisotopic (exact) mass is 465 g/mol. The van der Waals surface area contributed by atoms with Crippen LogP contribution in [0.1, 0.15) is 116 Å². The Balaban J connectivity index is -0.00000225. The van der Waals surface area contributed by atoms with E-state index in [4.69, 9.17) is 0 Å². The maximum absolute atomic E-state index is 2.39. The van der Waals surface area contributed by atoms with Crippen molar-refractivity contribution in [3.05, 3.63) is 35.9 Å². The van der Waals surface area contributed by atoms with Gasteiger partial charge in [-0.05, 0) is 13.3 Å². The second kappa shape index (κ2) is 22.7. The van der Waals surface area contributed by atoms with E-state index in [-0.39, 0.29) is 42.8 Å². The molecular formula is C25H46Cl3N-2. The minimum Gasteiger partial charge on any atom is -1.00 e. The van der Waals surface area contributed by atoms with Crippen molar-refractivity contribution in [2.24, 2.45) is 0 Å². The number of nitrogens with two attached hydrogens (primary N) is 1. The first-order chi connectivity index (χ1) is 12.7. The number of quaternary nitrogens is 1. The van der Waals surface area contributed by atoms with E-state index in [1.807, 2.05) is 0 Å². The molecule has 0 fully saturated rings. The molecular weight excluding hydrogens is 421 g/mol. The number of unbranched alkanes of at least 4 members (excludes halogenated alkanes) is 13. The summed E-state index contributed by atoms with van der Waals surface area (Å²) in [7, 11) is 2.22. The van der Waals surface area contributed by atoms with E-state index >= 15 is 0 Å². The van der Waals surface area contributed by atoms with Crippen LogP contribution in [-0.4, -0.2) is 7.05 Å². The summed E-state index contributed by atoms with van der Waals surface area (Å²) in [5.74, 6) is 0. The smallest absolute Gasteiger partial charge is 0.119 e. The van der Waals surface area contributed by atoms with E-state index in [1.54, 1.807) is 0 Å². The minimum absolute atomic E-state index is 0. The van der Waals surface area contributed by atoms with Crippen LogP contribution in [0.5, 0.6) is 0 Å². The maximum Gasteiger partial charge on any atom is 0.119 e. The van der Waals surface area contributed by atoms with Gasteiger partial charge in [0.25, 0.3) is 0 Å². The minimum atomic E-state index is 0. The fourth-order valence-corrected chi connectivity index (χ4v) is 3.96. The van der Waals surface area contributed by atoms with Crippen LogP contribution in [0.25, 0.3) is 0 Å². The third-order valence-corrected chi connectivity index (χ3v) is 6.12. The first-order valence-electron chi connectivity index (χ1n) is 11.6. The maximum atomic E-state index is 2.39. The van der Waals surface area contributed by atoms with Gasteiger partial charge < -0.3 is 42.5 Å². The first kappa shape index (κ1) is 33.7. The third kappa shape index (κ3) is 16.4. The quantitative estimate of drug-likeness (QED) is 0.255. The van der Waals surface area contributed by atoms with Gasteiger partial charge in [-0.15, -0.1) is 0 Å². The highest BCUT2D eigenvalue weighted by Crippen LogP contribution is 2.23. The van der Waals surface area contributed by atoms with Gasteiger partial charge in [-0.25, -0.2) is 0 Å². The zero-order valence-corrected chi connectivity index (χ0v) is 21.5. The van der Waals surface area contributed by atoms with Gasteiger partial charge in [-0.2, -0.15) is 0 Å². The topological polar surface area (TPSA) is 16.6 Å². The Morgan fingerprint density at radius 1 is 0.621 bits per heavy atom. The molecule has 1 unspecified atom stereocenters. The molecule has 0 saturated carbocycles. The summed E-state index contributed by atoms with van der Waals surface area (Å²) in [5.41, 5.74) is 1.72. The second-order valence-electron chi connectivity index (χ2n) is 8.42. The van der Waals surface area contributed by atoms with Gasteiger partial charge in [0.15, 0.2) is 0 Å². The van der Waals surface area contributed by atoms with E-state index < -0.39 is 0 Å². The molecule has 0 spiro atoms. The molecule has 0 aliphatic carbocycles. The lowest BCUT2D eigenvalue weighted by Crippen LogP contribution is -3.00. The molecule has 4 heteroatoms. The molecule has 1 aromatic carbocycles. The lowest BCUT2D eigenvalue weighted by atomic mass is 9.86. The van der Waals surface area contributed by atoms with Crippen molar-refractivity contribution in [2.75, 3.05) is 7.05 Å². The first-order valence-corrected chi connectivity index (χ1v) is 11.6. The molecule has 0 heterocycles. The molecule has 1 atom stereocenters. The molecule has 174 valence electrons. The summed E-state index contributed by atoms with van der Waals surface area (Å²) in [6.45, 7) is 4.69. The molecule has 0 amide bonds. The highest BCUT2D eigenvalue weighted by molar-refractivity contribution is 5.20. The van der Waals surface area contributed by atoms with Crippen LogP contribution >= 0.6 is 0 Å². The van der Waals surface area contributed by atoms with Crippen LogP contribution < -0.4 is 42.5 Å². The highest BCUT2D eigenvalue weighted by Gasteiger charge is 2.27. The summed E-state index contributed by atoms with van der Waals surface area (Å²) in [6.07, 6.45) is 21.4. The van der Waals surface area contributed by atoms with Crippen LogP contribution in [0.4, 0.5) is 0 Å². The van der Waals surface area contributed by atoms with E-state index in [0.29, 0.717) is 0 Å². The van der Waals surface area contributed by atoms with Crippen LogP contribution in [0.15, 0.2) is 30.3 Å². The van der Waals surface area contributed by atoms with Crippen molar-refractivity contribution in [1.29, 1.82) is 0 Å². The summed E-state index contributed by atoms with van der Waals surface area (Å²) >= 11 is 0. The number of halogens is 3. The zero-order chi connectivity index (χ0) is 18.9. The lowest BCUT2D eigenvalue weighted by Gasteiger charge is -2.26. The Labute approximate surface area is 200 Å². The molecule has 0 aliphatic rings. The van der Waals surface area contributed by atoms with Gasteiger partial charge in [-0.3, -0.25) is 0 Å². The predicted molar refractivity (Wildman–Crippen MR) is 117 cm³/mol. The largest absolute Gasteiger partial charge is 1.00 e. The van der Waals surface area contributed by atoms with Crippen LogP contribution in [0.2, 0.25) is 0 Å². The molecule has 1 nitrogen and oxygen atoms in total. The highest BCUT2D eigenvalue weighted by atomic mass is 35.5. The second-order valence-corrected chi connectivity index (χ2v) is 8.42. The molecule has 0 bridgehead atoms. The van der Waals surface area contributed by atoms with Gasteiger partial charge in [0.1, 0.15) is 5.54 Å². The van der Waals surface area contributed by atoms with E-state index in [2.05, 4.69) is 56.5 Å². The van der Waals surface area contributed by atoms with Gasteiger partial charge in [0.2, 0.25) is 0 Å². The summed E-state index contributed by atoms with van der Waals surface area (Å²) in [4.78, 5) is 0. The number of rotatable bonds is 17. The molecule has 0 aromatic heterocycles. The average Bonchev–Trinajstić information content (AvgIpc) is 2.68. The van der Waals surface area contributed by atoms with Gasteiger partial charge >= 0.3 is 0 Å². The third-order valence-electron chi connectivity index (χ3n) is 6.12. The van der Waals surface area contributed by atoms with Crippen LogP contribution in [0, 0.1) is 0 Å². The van der Waals surface area contributed by atoms with E-state index in [1.165, 1.54) is 102 Å². The molecule has 1 rings (SSSR count). The van der Waals surface area contributed by atoms with Crippen molar-refractivity contribution >= 4 is 0 Å². The normalized spacial score (nSPS) is 12.2. The number of hydrogen-bond donors (Lipinski definition) is 1. The fourth-order valence-electron chi connectivity index (χ4n) is 3.96. The summed E-state index contributed by atoms with van der Waals surface area (Å²) in [5, 5.41) is 2.39. The fraction of sp³-hybridized carbons (Fsp3) is 0.760. The molecule has 29 heavy (non-hydrogen) atoms. The van der Waals surface area contributed by atoms with Gasteiger partial charge in [0.05, 0.1) is 7.05 Å². The zero-order valence-electron chi connectivity index (χ0n) is 19.2. The van der Waals surface area contributed by atoms with Crippen molar-refractivity contribution < 1.29 is 42.5 Å². The molecule has 1 aromatic rings. The molecule has 0 saturated heterocycles. The average molecular weight is 467 g/mol.